The maximum atomic E-state index is 14.0. The van der Waals surface area contributed by atoms with Gasteiger partial charge in [0.25, 0.3) is 10.0 Å². The molecule has 0 saturated heterocycles. The van der Waals surface area contributed by atoms with Crippen molar-refractivity contribution in [1.29, 1.82) is 0 Å². The summed E-state index contributed by atoms with van der Waals surface area (Å²) < 4.78 is 54.9. The van der Waals surface area contributed by atoms with Crippen molar-refractivity contribution in [2.45, 2.75) is 4.90 Å². The maximum absolute atomic E-state index is 14.0. The fourth-order valence-corrected chi connectivity index (χ4v) is 3.83. The van der Waals surface area contributed by atoms with E-state index in [0.717, 1.165) is 16.5 Å². The number of aromatic nitrogens is 3. The predicted molar refractivity (Wildman–Crippen MR) is 107 cm³/mol. The van der Waals surface area contributed by atoms with Crippen molar-refractivity contribution in [2.24, 2.45) is 5.10 Å². The number of imidazole rings is 1. The van der Waals surface area contributed by atoms with Crippen LogP contribution in [0.1, 0.15) is 5.69 Å². The van der Waals surface area contributed by atoms with Gasteiger partial charge in [-0.3, -0.25) is 4.40 Å². The first-order valence-electron chi connectivity index (χ1n) is 8.73. The molecule has 10 heteroatoms. The van der Waals surface area contributed by atoms with Gasteiger partial charge in [0.15, 0.2) is 0 Å². The van der Waals surface area contributed by atoms with E-state index in [1.807, 2.05) is 0 Å². The molecular formula is C20H15F2N5O2S. The van der Waals surface area contributed by atoms with Gasteiger partial charge in [0.05, 0.1) is 23.0 Å². The Labute approximate surface area is 171 Å². The highest BCUT2D eigenvalue weighted by Gasteiger charge is 2.19. The van der Waals surface area contributed by atoms with Crippen LogP contribution >= 0.6 is 0 Å². The second-order valence-corrected chi connectivity index (χ2v) is 8.26. The Morgan fingerprint density at radius 2 is 1.93 bits per heavy atom. The molecule has 0 saturated carbocycles. The van der Waals surface area contributed by atoms with Crippen LogP contribution in [0.15, 0.2) is 77.1 Å². The number of sulfonamides is 1. The number of benzene rings is 1. The van der Waals surface area contributed by atoms with Gasteiger partial charge >= 0.3 is 0 Å². The van der Waals surface area contributed by atoms with E-state index in [-0.39, 0.29) is 4.90 Å². The second kappa shape index (κ2) is 7.64. The van der Waals surface area contributed by atoms with Crippen LogP contribution in [0.5, 0.6) is 0 Å². The number of nitrogens with zero attached hydrogens (tertiary/aromatic N) is 5. The largest absolute Gasteiger partial charge is 0.298 e. The molecule has 1 aromatic carbocycles. The fourth-order valence-electron chi connectivity index (χ4n) is 2.84. The van der Waals surface area contributed by atoms with Gasteiger partial charge in [0.2, 0.25) is 5.95 Å². The van der Waals surface area contributed by atoms with Crippen molar-refractivity contribution in [3.8, 4) is 11.1 Å². The van der Waals surface area contributed by atoms with Crippen LogP contribution in [0.2, 0.25) is 0 Å². The molecule has 3 heterocycles. The molecule has 0 aliphatic heterocycles. The number of hydrazone groups is 1. The summed E-state index contributed by atoms with van der Waals surface area (Å²) in [6, 6.07) is 11.3. The van der Waals surface area contributed by atoms with E-state index in [0.29, 0.717) is 22.5 Å². The van der Waals surface area contributed by atoms with E-state index in [2.05, 4.69) is 15.1 Å². The standard InChI is InChI=1S/C20H15F2N5O2S/c1-26(30(28,29)17-5-2-4-15(21)10-17)25-12-16-11-24-19-8-7-14(13-27(16)19)18-6-3-9-23-20(18)22/h2-13H,1H3/b25-12+. The summed E-state index contributed by atoms with van der Waals surface area (Å²) in [5.74, 6) is -1.27. The van der Waals surface area contributed by atoms with Crippen LogP contribution < -0.4 is 0 Å². The van der Waals surface area contributed by atoms with Gasteiger partial charge in [-0.2, -0.15) is 22.3 Å². The molecule has 152 valence electrons. The van der Waals surface area contributed by atoms with E-state index in [1.54, 1.807) is 34.9 Å². The molecule has 3 aromatic heterocycles. The summed E-state index contributed by atoms with van der Waals surface area (Å²) in [5, 5.41) is 3.97. The van der Waals surface area contributed by atoms with Gasteiger partial charge in [-0.25, -0.2) is 14.4 Å². The third-order valence-corrected chi connectivity index (χ3v) is 6.04. The van der Waals surface area contributed by atoms with Gasteiger partial charge in [-0.15, -0.1) is 0 Å². The van der Waals surface area contributed by atoms with Crippen LogP contribution in [0, 0.1) is 11.8 Å². The minimum absolute atomic E-state index is 0.213. The Morgan fingerprint density at radius 1 is 1.10 bits per heavy atom. The van der Waals surface area contributed by atoms with Gasteiger partial charge < -0.3 is 0 Å². The van der Waals surface area contributed by atoms with Crippen molar-refractivity contribution >= 4 is 21.9 Å². The number of fused-ring (bicyclic) bond motifs is 1. The minimum atomic E-state index is -4.02. The molecule has 0 aliphatic carbocycles. The lowest BCUT2D eigenvalue weighted by Crippen LogP contribution is -2.22. The number of rotatable bonds is 5. The molecule has 0 N–H and O–H groups in total. The molecule has 4 rings (SSSR count). The molecule has 0 unspecified atom stereocenters. The molecule has 0 aliphatic rings. The van der Waals surface area contributed by atoms with Crippen molar-refractivity contribution in [2.75, 3.05) is 7.05 Å². The quantitative estimate of drug-likeness (QED) is 0.278. The van der Waals surface area contributed by atoms with Crippen molar-refractivity contribution in [3.63, 3.8) is 0 Å². The summed E-state index contributed by atoms with van der Waals surface area (Å²) in [6.45, 7) is 0. The first-order valence-corrected chi connectivity index (χ1v) is 10.2. The van der Waals surface area contributed by atoms with Crippen LogP contribution in [-0.2, 0) is 10.0 Å². The number of hydrogen-bond donors (Lipinski definition) is 0. The summed E-state index contributed by atoms with van der Waals surface area (Å²) >= 11 is 0. The average molecular weight is 427 g/mol. The molecular weight excluding hydrogens is 412 g/mol. The van der Waals surface area contributed by atoms with Crippen LogP contribution in [0.25, 0.3) is 16.8 Å². The molecule has 0 spiro atoms. The highest BCUT2D eigenvalue weighted by molar-refractivity contribution is 7.89. The monoisotopic (exact) mass is 427 g/mol. The Balaban J connectivity index is 1.67. The van der Waals surface area contributed by atoms with E-state index >= 15 is 0 Å². The van der Waals surface area contributed by atoms with Crippen LogP contribution in [0.4, 0.5) is 8.78 Å². The third-order valence-electron chi connectivity index (χ3n) is 4.40. The fraction of sp³-hybridized carbons (Fsp3) is 0.0500. The van der Waals surface area contributed by atoms with Crippen molar-refractivity contribution < 1.29 is 17.2 Å². The molecule has 0 bridgehead atoms. The Morgan fingerprint density at radius 3 is 2.70 bits per heavy atom. The topological polar surface area (TPSA) is 79.9 Å². The molecule has 0 atom stereocenters. The van der Waals surface area contributed by atoms with E-state index in [4.69, 9.17) is 0 Å². The van der Waals surface area contributed by atoms with Gasteiger partial charge in [-0.05, 0) is 42.5 Å². The third kappa shape index (κ3) is 3.64. The summed E-state index contributed by atoms with van der Waals surface area (Å²) in [7, 11) is -2.77. The lowest BCUT2D eigenvalue weighted by Gasteiger charge is -2.13. The Bertz CT molecular complexity index is 1370. The summed E-state index contributed by atoms with van der Waals surface area (Å²) in [4.78, 5) is 7.67. The smallest absolute Gasteiger partial charge is 0.278 e. The zero-order valence-corrected chi connectivity index (χ0v) is 16.5. The molecule has 0 fully saturated rings. The van der Waals surface area contributed by atoms with Crippen LogP contribution in [0.3, 0.4) is 0 Å². The second-order valence-electron chi connectivity index (χ2n) is 6.31. The first-order chi connectivity index (χ1) is 14.4. The molecule has 0 amide bonds. The lowest BCUT2D eigenvalue weighted by molar-refractivity contribution is 0.489. The minimum Gasteiger partial charge on any atom is -0.298 e. The Kier molecular flexibility index (Phi) is 5.00. The number of pyridine rings is 2. The highest BCUT2D eigenvalue weighted by Crippen LogP contribution is 2.22. The average Bonchev–Trinajstić information content (AvgIpc) is 3.14. The first kappa shape index (κ1) is 19.6. The van der Waals surface area contributed by atoms with E-state index in [9.17, 15) is 17.2 Å². The lowest BCUT2D eigenvalue weighted by atomic mass is 10.1. The number of hydrogen-bond acceptors (Lipinski definition) is 5. The SMILES string of the molecule is CN(/N=C/c1cnc2ccc(-c3cccnc3F)cn12)S(=O)(=O)c1cccc(F)c1. The Hall–Kier alpha value is -3.66. The summed E-state index contributed by atoms with van der Waals surface area (Å²) in [5.41, 5.74) is 1.93. The zero-order chi connectivity index (χ0) is 21.3. The normalized spacial score (nSPS) is 12.0. The highest BCUT2D eigenvalue weighted by atomic mass is 32.2. The van der Waals surface area contributed by atoms with E-state index < -0.39 is 21.8 Å². The van der Waals surface area contributed by atoms with Crippen LogP contribution in [-0.4, -0.2) is 40.5 Å². The van der Waals surface area contributed by atoms with Gasteiger partial charge in [0, 0.05) is 30.6 Å². The van der Waals surface area contributed by atoms with Crippen molar-refractivity contribution in [3.05, 3.63) is 84.6 Å². The summed E-state index contributed by atoms with van der Waals surface area (Å²) in [6.07, 6.45) is 5.83. The maximum Gasteiger partial charge on any atom is 0.278 e. The van der Waals surface area contributed by atoms with E-state index in [1.165, 1.54) is 37.8 Å². The molecule has 4 aromatic rings. The predicted octanol–water partition coefficient (Wildman–Crippen LogP) is 3.33. The number of halogens is 2. The van der Waals surface area contributed by atoms with Crippen molar-refractivity contribution in [1.82, 2.24) is 18.8 Å². The molecule has 7 nitrogen and oxygen atoms in total. The molecule has 30 heavy (non-hydrogen) atoms. The molecule has 0 radical (unpaired) electrons. The van der Waals surface area contributed by atoms with Gasteiger partial charge in [-0.1, -0.05) is 6.07 Å². The zero-order valence-electron chi connectivity index (χ0n) is 15.6. The van der Waals surface area contributed by atoms with Gasteiger partial charge in [0.1, 0.15) is 11.5 Å².